The summed E-state index contributed by atoms with van der Waals surface area (Å²) < 4.78 is 6.85. The number of carbonyl (C=O) groups is 1. The van der Waals surface area contributed by atoms with Crippen molar-refractivity contribution in [3.05, 3.63) is 28.8 Å². The summed E-state index contributed by atoms with van der Waals surface area (Å²) in [6.45, 7) is 9.77. The molecule has 1 atom stereocenters. The van der Waals surface area contributed by atoms with E-state index in [1.165, 1.54) is 0 Å². The molecule has 4 rings (SSSR count). The number of aromatic nitrogens is 4. The van der Waals surface area contributed by atoms with Gasteiger partial charge in [-0.15, -0.1) is 0 Å². The number of carbonyl (C=O) groups excluding carboxylic acids is 1. The minimum atomic E-state index is -0.0672. The summed E-state index contributed by atoms with van der Waals surface area (Å²) in [6.07, 6.45) is 2.89. The van der Waals surface area contributed by atoms with Crippen molar-refractivity contribution in [3.63, 3.8) is 0 Å². The Balaban J connectivity index is 1.57. The predicted octanol–water partition coefficient (Wildman–Crippen LogP) is 2.17. The van der Waals surface area contributed by atoms with Crippen LogP contribution in [-0.4, -0.2) is 54.9 Å². The van der Waals surface area contributed by atoms with Gasteiger partial charge in [0, 0.05) is 32.2 Å². The second-order valence-corrected chi connectivity index (χ2v) is 7.55. The molecule has 0 saturated carbocycles. The lowest BCUT2D eigenvalue weighted by Crippen LogP contribution is -2.31. The van der Waals surface area contributed by atoms with Crippen molar-refractivity contribution in [2.45, 2.75) is 65.2 Å². The fraction of sp³-hybridized carbons (Fsp3) is 0.667. The normalized spacial score (nSPS) is 21.2. The number of likely N-dealkylation sites (tertiary alicyclic amines) is 1. The average molecular weight is 358 g/mol. The highest BCUT2D eigenvalue weighted by atomic mass is 16.6. The van der Waals surface area contributed by atoms with Gasteiger partial charge in [-0.3, -0.25) is 14.4 Å². The van der Waals surface area contributed by atoms with E-state index in [1.54, 1.807) is 0 Å². The van der Waals surface area contributed by atoms with E-state index < -0.39 is 0 Å². The third-order valence-electron chi connectivity index (χ3n) is 5.51. The molecule has 0 bridgehead atoms. The van der Waals surface area contributed by atoms with Gasteiger partial charge in [-0.05, 0) is 46.1 Å². The maximum absolute atomic E-state index is 13.1. The van der Waals surface area contributed by atoms with E-state index in [2.05, 4.69) is 34.2 Å². The lowest BCUT2D eigenvalue weighted by Gasteiger charge is -2.23. The van der Waals surface area contributed by atoms with Gasteiger partial charge in [-0.1, -0.05) is 10.3 Å². The van der Waals surface area contributed by atoms with Crippen LogP contribution in [0.1, 0.15) is 66.7 Å². The lowest BCUT2D eigenvalue weighted by atomic mass is 10.1. The van der Waals surface area contributed by atoms with Crippen LogP contribution in [0.25, 0.3) is 0 Å². The second kappa shape index (κ2) is 6.83. The van der Waals surface area contributed by atoms with Crippen LogP contribution in [0.2, 0.25) is 0 Å². The number of rotatable bonds is 3. The van der Waals surface area contributed by atoms with E-state index in [4.69, 9.17) is 4.63 Å². The average Bonchev–Trinajstić information content (AvgIpc) is 3.31. The molecule has 0 N–H and O–H groups in total. The summed E-state index contributed by atoms with van der Waals surface area (Å²) in [7, 11) is 0. The van der Waals surface area contributed by atoms with Gasteiger partial charge in [0.15, 0.2) is 5.69 Å². The Kier molecular flexibility index (Phi) is 4.52. The summed E-state index contributed by atoms with van der Waals surface area (Å²) in [4.78, 5) is 17.4. The van der Waals surface area contributed by atoms with Crippen LogP contribution >= 0.6 is 0 Å². The van der Waals surface area contributed by atoms with Crippen molar-refractivity contribution >= 4 is 5.91 Å². The van der Waals surface area contributed by atoms with Gasteiger partial charge in [-0.25, -0.2) is 4.63 Å². The molecule has 0 radical (unpaired) electrons. The van der Waals surface area contributed by atoms with Crippen LogP contribution in [0.4, 0.5) is 0 Å². The molecular formula is C18H26N6O2. The first kappa shape index (κ1) is 17.2. The van der Waals surface area contributed by atoms with Gasteiger partial charge >= 0.3 is 0 Å². The number of amides is 1. The van der Waals surface area contributed by atoms with Gasteiger partial charge in [0.1, 0.15) is 11.4 Å². The van der Waals surface area contributed by atoms with E-state index in [0.29, 0.717) is 11.7 Å². The molecule has 140 valence electrons. The molecule has 4 heterocycles. The van der Waals surface area contributed by atoms with Crippen LogP contribution in [0.5, 0.6) is 0 Å². The smallest absolute Gasteiger partial charge is 0.274 e. The van der Waals surface area contributed by atoms with Crippen molar-refractivity contribution in [1.29, 1.82) is 0 Å². The topological polar surface area (TPSA) is 80.3 Å². The fourth-order valence-corrected chi connectivity index (χ4v) is 4.01. The van der Waals surface area contributed by atoms with Crippen molar-refractivity contribution in [3.8, 4) is 0 Å². The number of aryl methyl sites for hydroxylation is 2. The van der Waals surface area contributed by atoms with Crippen LogP contribution in [0, 0.1) is 6.92 Å². The van der Waals surface area contributed by atoms with Gasteiger partial charge in [-0.2, -0.15) is 5.10 Å². The molecule has 2 aromatic heterocycles. The predicted molar refractivity (Wildman–Crippen MR) is 94.4 cm³/mol. The van der Waals surface area contributed by atoms with E-state index in [1.807, 2.05) is 22.6 Å². The van der Waals surface area contributed by atoms with Crippen LogP contribution < -0.4 is 0 Å². The SMILES string of the molecule is Cc1nonc1C1CCCN1C(=O)c1cc2n(n1)CCCN(C(C)C)C2. The van der Waals surface area contributed by atoms with Gasteiger partial charge in [0.05, 0.1) is 11.7 Å². The molecule has 26 heavy (non-hydrogen) atoms. The van der Waals surface area contributed by atoms with Crippen LogP contribution in [-0.2, 0) is 13.1 Å². The summed E-state index contributed by atoms with van der Waals surface area (Å²) in [5.74, 6) is -0.0217. The zero-order valence-corrected chi connectivity index (χ0v) is 15.7. The van der Waals surface area contributed by atoms with Crippen molar-refractivity contribution in [1.82, 2.24) is 29.9 Å². The third kappa shape index (κ3) is 3.02. The molecule has 0 spiro atoms. The number of hydrogen-bond acceptors (Lipinski definition) is 6. The first-order valence-corrected chi connectivity index (χ1v) is 9.45. The summed E-state index contributed by atoms with van der Waals surface area (Å²) in [5.41, 5.74) is 3.17. The van der Waals surface area contributed by atoms with E-state index in [-0.39, 0.29) is 11.9 Å². The van der Waals surface area contributed by atoms with Crippen molar-refractivity contribution in [2.24, 2.45) is 0 Å². The van der Waals surface area contributed by atoms with Crippen molar-refractivity contribution in [2.75, 3.05) is 13.1 Å². The second-order valence-electron chi connectivity index (χ2n) is 7.55. The Labute approximate surface area is 153 Å². The first-order valence-electron chi connectivity index (χ1n) is 9.45. The standard InChI is InChI=1S/C18H26N6O2/c1-12(2)22-7-5-9-24-14(11-22)10-15(19-24)18(25)23-8-4-6-16(23)17-13(3)20-26-21-17/h10,12,16H,4-9,11H2,1-3H3. The highest BCUT2D eigenvalue weighted by Gasteiger charge is 2.35. The molecule has 0 aliphatic carbocycles. The minimum absolute atomic E-state index is 0.0217. The first-order chi connectivity index (χ1) is 12.5. The quantitative estimate of drug-likeness (QED) is 0.836. The Morgan fingerprint density at radius 2 is 2.08 bits per heavy atom. The molecular weight excluding hydrogens is 332 g/mol. The van der Waals surface area contributed by atoms with E-state index in [0.717, 1.165) is 62.5 Å². The number of nitrogens with zero attached hydrogens (tertiary/aromatic N) is 6. The molecule has 2 aliphatic rings. The van der Waals surface area contributed by atoms with Crippen LogP contribution in [0.15, 0.2) is 10.7 Å². The molecule has 1 fully saturated rings. The van der Waals surface area contributed by atoms with E-state index in [9.17, 15) is 4.79 Å². The maximum Gasteiger partial charge on any atom is 0.274 e. The summed E-state index contributed by atoms with van der Waals surface area (Å²) >= 11 is 0. The highest BCUT2D eigenvalue weighted by Crippen LogP contribution is 2.33. The Bertz CT molecular complexity index is 795. The van der Waals surface area contributed by atoms with Gasteiger partial charge < -0.3 is 4.90 Å². The minimum Gasteiger partial charge on any atom is -0.328 e. The van der Waals surface area contributed by atoms with Gasteiger partial charge in [0.25, 0.3) is 5.91 Å². The molecule has 8 heteroatoms. The molecule has 1 saturated heterocycles. The Morgan fingerprint density at radius 1 is 1.23 bits per heavy atom. The zero-order valence-electron chi connectivity index (χ0n) is 15.7. The molecule has 8 nitrogen and oxygen atoms in total. The molecule has 0 aromatic carbocycles. The Morgan fingerprint density at radius 3 is 2.81 bits per heavy atom. The summed E-state index contributed by atoms with van der Waals surface area (Å²) in [5, 5.41) is 12.5. The number of hydrogen-bond donors (Lipinski definition) is 0. The zero-order chi connectivity index (χ0) is 18.3. The van der Waals surface area contributed by atoms with Crippen LogP contribution in [0.3, 0.4) is 0 Å². The van der Waals surface area contributed by atoms with E-state index >= 15 is 0 Å². The molecule has 2 aliphatic heterocycles. The highest BCUT2D eigenvalue weighted by molar-refractivity contribution is 5.93. The monoisotopic (exact) mass is 358 g/mol. The number of fused-ring (bicyclic) bond motifs is 1. The maximum atomic E-state index is 13.1. The molecule has 2 aromatic rings. The van der Waals surface area contributed by atoms with Gasteiger partial charge in [0.2, 0.25) is 0 Å². The third-order valence-corrected chi connectivity index (χ3v) is 5.51. The molecule has 1 amide bonds. The summed E-state index contributed by atoms with van der Waals surface area (Å²) in [6, 6.07) is 2.38. The largest absolute Gasteiger partial charge is 0.328 e. The Hall–Kier alpha value is -2.22. The van der Waals surface area contributed by atoms with Crippen molar-refractivity contribution < 1.29 is 9.42 Å². The lowest BCUT2D eigenvalue weighted by molar-refractivity contribution is 0.0723. The fourth-order valence-electron chi connectivity index (χ4n) is 4.01. The molecule has 1 unspecified atom stereocenters.